The number of unbranched alkanes of at least 4 members (excludes halogenated alkanes) is 3. The Morgan fingerprint density at radius 2 is 1.61 bits per heavy atom. The molecule has 0 radical (unpaired) electrons. The van der Waals surface area contributed by atoms with Crippen molar-refractivity contribution in [3.63, 3.8) is 0 Å². The van der Waals surface area contributed by atoms with Crippen LogP contribution in [0.15, 0.2) is 24.6 Å². The van der Waals surface area contributed by atoms with Gasteiger partial charge in [0.05, 0.1) is 0 Å². The molecule has 0 spiro atoms. The molecule has 0 unspecified atom stereocenters. The van der Waals surface area contributed by atoms with Gasteiger partial charge in [0, 0.05) is 0 Å². The van der Waals surface area contributed by atoms with Crippen molar-refractivity contribution in [3.05, 3.63) is 21.4 Å². The van der Waals surface area contributed by atoms with Crippen molar-refractivity contribution in [2.75, 3.05) is 0 Å². The Morgan fingerprint density at radius 1 is 0.944 bits per heavy atom. The summed E-state index contributed by atoms with van der Waals surface area (Å²) in [5, 5.41) is 0. The second kappa shape index (κ2) is 9.94. The van der Waals surface area contributed by atoms with Crippen LogP contribution in [0.4, 0.5) is 0 Å². The van der Waals surface area contributed by atoms with E-state index in [9.17, 15) is 0 Å². The summed E-state index contributed by atoms with van der Waals surface area (Å²) in [5.74, 6) is 0. The van der Waals surface area contributed by atoms with E-state index in [1.807, 2.05) is 0 Å². The summed E-state index contributed by atoms with van der Waals surface area (Å²) in [5.41, 5.74) is 3.06. The third kappa shape index (κ3) is 5.81. The predicted molar refractivity (Wildman–Crippen MR) is 83.1 cm³/mol. The Labute approximate surface area is 120 Å². The zero-order chi connectivity index (χ0) is 13.2. The van der Waals surface area contributed by atoms with Gasteiger partial charge in [0.15, 0.2) is 0 Å². The summed E-state index contributed by atoms with van der Waals surface area (Å²) < 4.78 is 9.13. The van der Waals surface area contributed by atoms with E-state index in [2.05, 4.69) is 30.9 Å². The summed E-state index contributed by atoms with van der Waals surface area (Å²) in [6.45, 7) is 6.84. The molecule has 18 heavy (non-hydrogen) atoms. The van der Waals surface area contributed by atoms with Crippen LogP contribution >= 0.6 is 0 Å². The number of nitrogens with zero attached hydrogens (tertiary/aromatic N) is 1. The van der Waals surface area contributed by atoms with Gasteiger partial charge in [0.2, 0.25) is 0 Å². The van der Waals surface area contributed by atoms with E-state index < -0.39 is 19.6 Å². The average molecular weight is 354 g/mol. The Hall–Kier alpha value is 0.0787. The molecule has 0 aliphatic carbocycles. The maximum atomic E-state index is 5.18. The minimum atomic E-state index is -1.51. The van der Waals surface area contributed by atoms with Crippen molar-refractivity contribution in [1.29, 1.82) is 0 Å². The molecule has 0 atom stereocenters. The van der Waals surface area contributed by atoms with Gasteiger partial charge in [0.1, 0.15) is 0 Å². The number of allylic oxidation sites excluding steroid dienone is 3. The molecule has 0 aromatic heterocycles. The molecule has 1 nitrogen and oxygen atoms in total. The molecule has 102 valence electrons. The molecule has 0 amide bonds. The monoisotopic (exact) mass is 355 g/mol. The van der Waals surface area contributed by atoms with Crippen LogP contribution in [0.5, 0.6) is 0 Å². The van der Waals surface area contributed by atoms with E-state index in [1.54, 1.807) is 5.57 Å². The number of rotatable bonds is 9. The molecule has 1 heterocycles. The first-order valence-corrected chi connectivity index (χ1v) is 12.7. The summed E-state index contributed by atoms with van der Waals surface area (Å²) in [7, 11) is 0. The van der Waals surface area contributed by atoms with E-state index in [-0.39, 0.29) is 0 Å². The maximum absolute atomic E-state index is 5.18. The first-order chi connectivity index (χ1) is 8.81. The third-order valence-electron chi connectivity index (χ3n) is 3.48. The normalized spacial score (nSPS) is 15.2. The van der Waals surface area contributed by atoms with Crippen molar-refractivity contribution in [2.45, 2.75) is 76.6 Å². The minimum absolute atomic E-state index is 1.23. The van der Waals surface area contributed by atoms with Gasteiger partial charge in [-0.25, -0.2) is 0 Å². The Bertz CT molecular complexity index is 326. The van der Waals surface area contributed by atoms with Crippen LogP contribution in [0.2, 0.25) is 4.44 Å². The van der Waals surface area contributed by atoms with E-state index in [0.717, 1.165) is 0 Å². The molecule has 0 saturated carbocycles. The Morgan fingerprint density at radius 3 is 2.28 bits per heavy atom. The second-order valence-electron chi connectivity index (χ2n) is 5.22. The second-order valence-corrected chi connectivity index (χ2v) is 11.0. The molecule has 0 saturated heterocycles. The van der Waals surface area contributed by atoms with Gasteiger partial charge in [-0.05, 0) is 0 Å². The molecule has 1 rings (SSSR count). The SMILES string of the molecule is CCCCC1=C(CCCC)[N]=[Sn]([CH2]CCC)[CH]=C1. The molecule has 1 aliphatic rings. The summed E-state index contributed by atoms with van der Waals surface area (Å²) in [6, 6.07) is 0. The quantitative estimate of drug-likeness (QED) is 0.465. The number of hydrogen-bond acceptors (Lipinski definition) is 1. The molecule has 0 fully saturated rings. The van der Waals surface area contributed by atoms with Crippen LogP contribution in [0.1, 0.15) is 72.1 Å². The topological polar surface area (TPSA) is 12.4 Å². The van der Waals surface area contributed by atoms with Crippen molar-refractivity contribution in [1.82, 2.24) is 0 Å². The van der Waals surface area contributed by atoms with Crippen LogP contribution in [0.3, 0.4) is 0 Å². The van der Waals surface area contributed by atoms with Crippen molar-refractivity contribution < 1.29 is 0 Å². The molecule has 0 aromatic rings. The average Bonchev–Trinajstić information content (AvgIpc) is 2.41. The van der Waals surface area contributed by atoms with Crippen LogP contribution < -0.4 is 0 Å². The summed E-state index contributed by atoms with van der Waals surface area (Å²) >= 11 is -1.51. The number of hydrogen-bond donors (Lipinski definition) is 0. The van der Waals surface area contributed by atoms with Crippen LogP contribution in [0.25, 0.3) is 0 Å². The zero-order valence-corrected chi connectivity index (χ0v) is 15.3. The predicted octanol–water partition coefficient (Wildman–Crippen LogP) is 5.79. The molecule has 0 bridgehead atoms. The van der Waals surface area contributed by atoms with Crippen LogP contribution in [0, 0.1) is 0 Å². The molecule has 0 N–H and O–H groups in total. The molecular formula is C16H29NSn. The van der Waals surface area contributed by atoms with Gasteiger partial charge in [-0.2, -0.15) is 0 Å². The fourth-order valence-corrected chi connectivity index (χ4v) is 8.12. The standard InChI is InChI=1S/C12H20N.C4H9.Sn/c1-4-7-9-11(6-3)12(13)10-8-5-2;1-3-4-2;/h3,6H,4-5,7-10H2,1-2H3;1,3-4H2,2H3;. The van der Waals surface area contributed by atoms with Crippen molar-refractivity contribution >= 4 is 19.6 Å². The zero-order valence-electron chi connectivity index (χ0n) is 12.5. The van der Waals surface area contributed by atoms with Gasteiger partial charge < -0.3 is 0 Å². The first kappa shape index (κ1) is 16.1. The third-order valence-corrected chi connectivity index (χ3v) is 9.11. The van der Waals surface area contributed by atoms with Crippen molar-refractivity contribution in [3.8, 4) is 0 Å². The fraction of sp³-hybridized carbons (Fsp3) is 0.750. The van der Waals surface area contributed by atoms with E-state index in [1.165, 1.54) is 61.5 Å². The van der Waals surface area contributed by atoms with Crippen LogP contribution in [-0.4, -0.2) is 19.6 Å². The Kier molecular flexibility index (Phi) is 8.91. The summed E-state index contributed by atoms with van der Waals surface area (Å²) in [6.07, 6.45) is 12.9. The fourth-order valence-electron chi connectivity index (χ4n) is 2.23. The molecule has 1 aliphatic heterocycles. The van der Waals surface area contributed by atoms with Crippen LogP contribution in [-0.2, 0) is 0 Å². The van der Waals surface area contributed by atoms with Gasteiger partial charge in [-0.1, -0.05) is 0 Å². The molecule has 2 heteroatoms. The van der Waals surface area contributed by atoms with Gasteiger partial charge in [0.25, 0.3) is 0 Å². The van der Waals surface area contributed by atoms with Gasteiger partial charge >= 0.3 is 121 Å². The van der Waals surface area contributed by atoms with Crippen molar-refractivity contribution in [2.24, 2.45) is 3.15 Å². The van der Waals surface area contributed by atoms with E-state index in [4.69, 9.17) is 3.15 Å². The van der Waals surface area contributed by atoms with E-state index >= 15 is 0 Å². The van der Waals surface area contributed by atoms with E-state index in [0.29, 0.717) is 0 Å². The summed E-state index contributed by atoms with van der Waals surface area (Å²) in [4.78, 5) is 0. The van der Waals surface area contributed by atoms with Gasteiger partial charge in [-0.3, -0.25) is 0 Å². The molecule has 0 aromatic carbocycles. The Balaban J connectivity index is 2.70. The molecular weight excluding hydrogens is 325 g/mol. The van der Waals surface area contributed by atoms with Gasteiger partial charge in [-0.15, -0.1) is 0 Å². The first-order valence-electron chi connectivity index (χ1n) is 7.79.